The number of rotatable bonds is 1. The van der Waals surface area contributed by atoms with Crippen molar-refractivity contribution in [3.05, 3.63) is 59.9 Å². The summed E-state index contributed by atoms with van der Waals surface area (Å²) in [6.45, 7) is 0. The Bertz CT molecular complexity index is 897. The zero-order valence-corrected chi connectivity index (χ0v) is 10.8. The monoisotopic (exact) mass is 279 g/mol. The van der Waals surface area contributed by atoms with Crippen LogP contribution in [0.15, 0.2) is 48.5 Å². The first-order chi connectivity index (χ1) is 10.1. The first-order valence-electron chi connectivity index (χ1n) is 6.25. The predicted molar refractivity (Wildman–Crippen MR) is 77.4 cm³/mol. The predicted octanol–water partition coefficient (Wildman–Crippen LogP) is 3.93. The van der Waals surface area contributed by atoms with Crippen LogP contribution in [-0.4, -0.2) is 10.2 Å². The average Bonchev–Trinajstić information content (AvgIpc) is 2.48. The smallest absolute Gasteiger partial charge is 0.165 e. The molecule has 3 nitrogen and oxygen atoms in total. The van der Waals surface area contributed by atoms with E-state index in [1.165, 1.54) is 18.2 Å². The maximum atomic E-state index is 13.5. The zero-order chi connectivity index (χ0) is 15.0. The lowest BCUT2D eigenvalue weighted by Crippen LogP contribution is -1.88. The van der Waals surface area contributed by atoms with Gasteiger partial charge in [-0.25, -0.2) is 4.39 Å². The van der Waals surface area contributed by atoms with E-state index in [0.29, 0.717) is 22.1 Å². The number of phenolic OH excluding ortho intramolecular Hbond substituents is 2. The molecule has 0 aliphatic heterocycles. The molecule has 0 saturated carbocycles. The number of fused-ring (bicyclic) bond motifs is 1. The molecule has 3 aromatic carbocycles. The second-order valence-corrected chi connectivity index (χ2v) is 4.67. The molecule has 2 N–H and O–H groups in total. The van der Waals surface area contributed by atoms with Gasteiger partial charge in [0.1, 0.15) is 11.8 Å². The minimum absolute atomic E-state index is 0.120. The van der Waals surface area contributed by atoms with E-state index in [9.17, 15) is 19.9 Å². The number of hydrogen-bond donors (Lipinski definition) is 2. The van der Waals surface area contributed by atoms with Crippen LogP contribution in [0.1, 0.15) is 5.56 Å². The maximum Gasteiger partial charge on any atom is 0.165 e. The van der Waals surface area contributed by atoms with E-state index in [4.69, 9.17) is 0 Å². The average molecular weight is 279 g/mol. The van der Waals surface area contributed by atoms with Crippen molar-refractivity contribution in [1.29, 1.82) is 5.26 Å². The molecule has 3 rings (SSSR count). The Morgan fingerprint density at radius 1 is 0.952 bits per heavy atom. The molecule has 4 heteroatoms. The molecule has 0 amide bonds. The van der Waals surface area contributed by atoms with Crippen molar-refractivity contribution in [2.24, 2.45) is 0 Å². The largest absolute Gasteiger partial charge is 0.508 e. The van der Waals surface area contributed by atoms with Crippen molar-refractivity contribution in [3.63, 3.8) is 0 Å². The van der Waals surface area contributed by atoms with Gasteiger partial charge in [-0.15, -0.1) is 0 Å². The minimum atomic E-state index is -0.734. The van der Waals surface area contributed by atoms with Crippen LogP contribution in [0.3, 0.4) is 0 Å². The number of nitrogens with zero attached hydrogens (tertiary/aromatic N) is 1. The van der Waals surface area contributed by atoms with E-state index >= 15 is 0 Å². The minimum Gasteiger partial charge on any atom is -0.508 e. The normalized spacial score (nSPS) is 10.5. The second kappa shape index (κ2) is 4.80. The van der Waals surface area contributed by atoms with Crippen molar-refractivity contribution >= 4 is 10.8 Å². The Labute approximate surface area is 120 Å². The van der Waals surface area contributed by atoms with Crippen LogP contribution in [0, 0.1) is 17.1 Å². The molecule has 0 aromatic heterocycles. The van der Waals surface area contributed by atoms with Gasteiger partial charge in [0.15, 0.2) is 11.6 Å². The summed E-state index contributed by atoms with van der Waals surface area (Å²) < 4.78 is 13.5. The number of phenols is 2. The summed E-state index contributed by atoms with van der Waals surface area (Å²) in [5.41, 5.74) is 1.49. The number of halogens is 1. The molecule has 0 fully saturated rings. The van der Waals surface area contributed by atoms with Crippen molar-refractivity contribution in [2.75, 3.05) is 0 Å². The summed E-state index contributed by atoms with van der Waals surface area (Å²) in [7, 11) is 0. The van der Waals surface area contributed by atoms with Crippen molar-refractivity contribution in [3.8, 4) is 28.7 Å². The van der Waals surface area contributed by atoms with Gasteiger partial charge in [0.25, 0.3) is 0 Å². The van der Waals surface area contributed by atoms with Crippen LogP contribution in [0.25, 0.3) is 21.9 Å². The highest BCUT2D eigenvalue weighted by Crippen LogP contribution is 2.33. The van der Waals surface area contributed by atoms with Crippen LogP contribution in [0.5, 0.6) is 11.5 Å². The summed E-state index contributed by atoms with van der Waals surface area (Å²) >= 11 is 0. The molecule has 3 aromatic rings. The van der Waals surface area contributed by atoms with E-state index < -0.39 is 11.6 Å². The Kier molecular flexibility index (Phi) is 2.96. The number of nitriles is 1. The molecule has 21 heavy (non-hydrogen) atoms. The quantitative estimate of drug-likeness (QED) is 0.709. The Hall–Kier alpha value is -3.06. The van der Waals surface area contributed by atoms with Gasteiger partial charge in [-0.05, 0) is 41.3 Å². The number of hydrogen-bond acceptors (Lipinski definition) is 3. The maximum absolute atomic E-state index is 13.5. The summed E-state index contributed by atoms with van der Waals surface area (Å²) in [5.74, 6) is -1.04. The van der Waals surface area contributed by atoms with Gasteiger partial charge in [-0.1, -0.05) is 18.2 Å². The topological polar surface area (TPSA) is 64.2 Å². The van der Waals surface area contributed by atoms with Gasteiger partial charge in [0.2, 0.25) is 0 Å². The molecule has 0 heterocycles. The SMILES string of the molecule is N#Cc1c(-c2ccc(O)c(F)c2)ccc2cc(O)ccc12. The van der Waals surface area contributed by atoms with E-state index in [-0.39, 0.29) is 5.75 Å². The lowest BCUT2D eigenvalue weighted by molar-refractivity contribution is 0.432. The molecule has 0 bridgehead atoms. The van der Waals surface area contributed by atoms with Gasteiger partial charge in [-0.3, -0.25) is 0 Å². The molecule has 0 saturated heterocycles. The second-order valence-electron chi connectivity index (χ2n) is 4.67. The summed E-state index contributed by atoms with van der Waals surface area (Å²) in [5, 5.41) is 29.6. The number of benzene rings is 3. The molecule has 0 radical (unpaired) electrons. The molecule has 0 aliphatic rings. The highest BCUT2D eigenvalue weighted by Gasteiger charge is 2.11. The van der Waals surface area contributed by atoms with Crippen molar-refractivity contribution in [2.45, 2.75) is 0 Å². The van der Waals surface area contributed by atoms with Gasteiger partial charge < -0.3 is 10.2 Å². The Morgan fingerprint density at radius 3 is 2.48 bits per heavy atom. The fourth-order valence-corrected chi connectivity index (χ4v) is 2.35. The third-order valence-electron chi connectivity index (χ3n) is 3.37. The standard InChI is InChI=1S/C17H10FNO2/c18-16-8-11(2-6-17(16)21)13-4-1-10-7-12(20)3-5-14(10)15(13)9-19/h1-8,20-21H. The van der Waals surface area contributed by atoms with Crippen LogP contribution in [0.4, 0.5) is 4.39 Å². The fourth-order valence-electron chi connectivity index (χ4n) is 2.35. The van der Waals surface area contributed by atoms with Crippen LogP contribution in [-0.2, 0) is 0 Å². The molecular formula is C17H10FNO2. The van der Waals surface area contributed by atoms with Crippen molar-refractivity contribution < 1.29 is 14.6 Å². The third kappa shape index (κ3) is 2.15. The Morgan fingerprint density at radius 2 is 1.76 bits per heavy atom. The van der Waals surface area contributed by atoms with E-state index in [1.54, 1.807) is 30.3 Å². The van der Waals surface area contributed by atoms with E-state index in [2.05, 4.69) is 6.07 Å². The molecule has 0 unspecified atom stereocenters. The highest BCUT2D eigenvalue weighted by atomic mass is 19.1. The zero-order valence-electron chi connectivity index (χ0n) is 10.8. The van der Waals surface area contributed by atoms with Crippen molar-refractivity contribution in [1.82, 2.24) is 0 Å². The summed E-state index contributed by atoms with van der Waals surface area (Å²) in [6, 6.07) is 14.3. The van der Waals surface area contributed by atoms with Gasteiger partial charge in [0.05, 0.1) is 5.56 Å². The molecular weight excluding hydrogens is 269 g/mol. The molecule has 0 atom stereocenters. The first kappa shape index (κ1) is 12.9. The third-order valence-corrected chi connectivity index (χ3v) is 3.37. The van der Waals surface area contributed by atoms with E-state index in [0.717, 1.165) is 5.39 Å². The molecule has 0 aliphatic carbocycles. The van der Waals surface area contributed by atoms with Gasteiger partial charge in [0, 0.05) is 10.9 Å². The van der Waals surface area contributed by atoms with Crippen LogP contribution >= 0.6 is 0 Å². The highest BCUT2D eigenvalue weighted by molar-refractivity contribution is 5.95. The first-order valence-corrected chi connectivity index (χ1v) is 6.25. The number of aromatic hydroxyl groups is 2. The molecule has 102 valence electrons. The van der Waals surface area contributed by atoms with Gasteiger partial charge >= 0.3 is 0 Å². The lowest BCUT2D eigenvalue weighted by Gasteiger charge is -2.09. The van der Waals surface area contributed by atoms with Gasteiger partial charge in [-0.2, -0.15) is 5.26 Å². The molecule has 0 spiro atoms. The van der Waals surface area contributed by atoms with E-state index in [1.807, 2.05) is 0 Å². The van der Waals surface area contributed by atoms with Crippen LogP contribution in [0.2, 0.25) is 0 Å². The Balaban J connectivity index is 2.30. The lowest BCUT2D eigenvalue weighted by atomic mass is 9.94. The summed E-state index contributed by atoms with van der Waals surface area (Å²) in [4.78, 5) is 0. The fraction of sp³-hybridized carbons (Fsp3) is 0. The summed E-state index contributed by atoms with van der Waals surface area (Å²) in [6.07, 6.45) is 0. The van der Waals surface area contributed by atoms with Crippen LogP contribution < -0.4 is 0 Å².